The molecule has 11 heteroatoms. The lowest BCUT2D eigenvalue weighted by Crippen LogP contribution is -2.41. The Morgan fingerprint density at radius 3 is 2.32 bits per heavy atom. The minimum absolute atomic E-state index is 0.158. The zero-order valence-corrected chi connectivity index (χ0v) is 14.9. The summed E-state index contributed by atoms with van der Waals surface area (Å²) in [5.74, 6) is -5.45. The highest BCUT2D eigenvalue weighted by Gasteiger charge is 2.38. The van der Waals surface area contributed by atoms with Crippen LogP contribution in [0.3, 0.4) is 0 Å². The first-order chi connectivity index (χ1) is 11.4. The molecule has 0 saturated carbocycles. The Hall–Kier alpha value is -2.14. The van der Waals surface area contributed by atoms with Crippen LogP contribution in [0.4, 0.5) is 23.0 Å². The van der Waals surface area contributed by atoms with Crippen molar-refractivity contribution in [3.63, 3.8) is 0 Å². The smallest absolute Gasteiger partial charge is 0.429 e. The summed E-state index contributed by atoms with van der Waals surface area (Å²) in [4.78, 5) is 11.2. The van der Waals surface area contributed by atoms with Crippen LogP contribution in [0.2, 0.25) is 0 Å². The Morgan fingerprint density at radius 1 is 1.16 bits per heavy atom. The van der Waals surface area contributed by atoms with Crippen molar-refractivity contribution in [3.8, 4) is 0 Å². The third-order valence-corrected chi connectivity index (χ3v) is 5.25. The first-order valence-electron chi connectivity index (χ1n) is 6.77. The van der Waals surface area contributed by atoms with Crippen molar-refractivity contribution >= 4 is 32.7 Å². The Balaban J connectivity index is 2.61. The van der Waals surface area contributed by atoms with E-state index in [0.29, 0.717) is 23.7 Å². The van der Waals surface area contributed by atoms with E-state index in [1.165, 1.54) is 33.0 Å². The standard InChI is InChI=1S/C14H13F3N2O4S2/c1-14(2,3)23-13(20)19(10-6-7-18-24-10)25(21,22)9-5-4-8(15)11(16)12(9)17/h4-7H,1-3H3. The SMILES string of the molecule is CC(C)(C)OC(=O)N(c1ccns1)S(=O)(=O)c1ccc(F)c(F)c1F. The lowest BCUT2D eigenvalue weighted by atomic mass is 10.2. The van der Waals surface area contributed by atoms with E-state index < -0.39 is 44.1 Å². The molecule has 1 amide bonds. The normalized spacial score (nSPS) is 12.1. The molecule has 0 saturated heterocycles. The molecule has 2 aromatic rings. The van der Waals surface area contributed by atoms with Gasteiger partial charge in [0.05, 0.1) is 0 Å². The zero-order chi connectivity index (χ0) is 19.0. The first-order valence-corrected chi connectivity index (χ1v) is 8.99. The second kappa shape index (κ2) is 6.64. The molecule has 25 heavy (non-hydrogen) atoms. The van der Waals surface area contributed by atoms with E-state index in [4.69, 9.17) is 4.74 Å². The lowest BCUT2D eigenvalue weighted by Gasteiger charge is -2.25. The number of ether oxygens (including phenoxy) is 1. The summed E-state index contributed by atoms with van der Waals surface area (Å²) in [5, 5.41) is -0.196. The van der Waals surface area contributed by atoms with Crippen molar-refractivity contribution < 1.29 is 31.1 Å². The van der Waals surface area contributed by atoms with Gasteiger partial charge in [-0.1, -0.05) is 0 Å². The number of anilines is 1. The third-order valence-electron chi connectivity index (χ3n) is 2.70. The molecule has 1 aromatic carbocycles. The van der Waals surface area contributed by atoms with Crippen LogP contribution in [-0.2, 0) is 14.8 Å². The van der Waals surface area contributed by atoms with Crippen molar-refractivity contribution in [1.82, 2.24) is 4.37 Å². The van der Waals surface area contributed by atoms with Crippen LogP contribution in [-0.4, -0.2) is 24.5 Å². The van der Waals surface area contributed by atoms with Crippen LogP contribution in [0.5, 0.6) is 0 Å². The van der Waals surface area contributed by atoms with Gasteiger partial charge >= 0.3 is 6.09 Å². The summed E-state index contributed by atoms with van der Waals surface area (Å²) in [7, 11) is -4.92. The minimum atomic E-state index is -4.92. The second-order valence-electron chi connectivity index (χ2n) is 5.77. The first kappa shape index (κ1) is 19.2. The number of amides is 1. The highest BCUT2D eigenvalue weighted by Crippen LogP contribution is 2.30. The highest BCUT2D eigenvalue weighted by atomic mass is 32.2. The van der Waals surface area contributed by atoms with Gasteiger partial charge < -0.3 is 4.74 Å². The fourth-order valence-corrected chi connectivity index (χ4v) is 3.91. The van der Waals surface area contributed by atoms with E-state index in [-0.39, 0.29) is 9.31 Å². The number of aromatic nitrogens is 1. The molecule has 0 bridgehead atoms. The average molecular weight is 394 g/mol. The van der Waals surface area contributed by atoms with Gasteiger partial charge in [-0.05, 0) is 50.5 Å². The van der Waals surface area contributed by atoms with Crippen LogP contribution in [0.25, 0.3) is 0 Å². The van der Waals surface area contributed by atoms with Gasteiger partial charge in [0, 0.05) is 6.20 Å². The Labute approximate surface area is 146 Å². The summed E-state index contributed by atoms with van der Waals surface area (Å²) < 4.78 is 74.8. The maximum absolute atomic E-state index is 14.0. The predicted octanol–water partition coefficient (Wildman–Crippen LogP) is 3.69. The average Bonchev–Trinajstić information content (AvgIpc) is 2.96. The van der Waals surface area contributed by atoms with E-state index in [2.05, 4.69) is 4.37 Å². The van der Waals surface area contributed by atoms with Crippen molar-refractivity contribution in [3.05, 3.63) is 41.8 Å². The van der Waals surface area contributed by atoms with E-state index in [9.17, 15) is 26.4 Å². The van der Waals surface area contributed by atoms with Crippen molar-refractivity contribution in [2.75, 3.05) is 4.31 Å². The molecule has 0 unspecified atom stereocenters. The van der Waals surface area contributed by atoms with Crippen LogP contribution in [0.1, 0.15) is 20.8 Å². The van der Waals surface area contributed by atoms with Crippen molar-refractivity contribution in [1.29, 1.82) is 0 Å². The molecule has 2 rings (SSSR count). The molecule has 0 aliphatic carbocycles. The summed E-state index contributed by atoms with van der Waals surface area (Å²) in [5.41, 5.74) is -1.05. The Bertz CT molecular complexity index is 894. The number of hydrogen-bond acceptors (Lipinski definition) is 6. The van der Waals surface area contributed by atoms with Crippen LogP contribution < -0.4 is 4.31 Å². The molecule has 0 atom stereocenters. The predicted molar refractivity (Wildman–Crippen MR) is 84.3 cm³/mol. The molecular weight excluding hydrogens is 381 g/mol. The van der Waals surface area contributed by atoms with Crippen LogP contribution >= 0.6 is 11.5 Å². The van der Waals surface area contributed by atoms with Gasteiger partial charge in [-0.3, -0.25) is 0 Å². The van der Waals surface area contributed by atoms with Gasteiger partial charge in [-0.25, -0.2) is 26.4 Å². The third kappa shape index (κ3) is 3.93. The monoisotopic (exact) mass is 394 g/mol. The summed E-state index contributed by atoms with van der Waals surface area (Å²) in [6.45, 7) is 4.50. The Morgan fingerprint density at radius 2 is 1.80 bits per heavy atom. The van der Waals surface area contributed by atoms with Crippen LogP contribution in [0.15, 0.2) is 29.3 Å². The number of carbonyl (C=O) groups is 1. The molecule has 0 spiro atoms. The van der Waals surface area contributed by atoms with Gasteiger partial charge in [-0.15, -0.1) is 0 Å². The molecule has 136 valence electrons. The number of carbonyl (C=O) groups excluding carboxylic acids is 1. The molecule has 0 fully saturated rings. The summed E-state index contributed by atoms with van der Waals surface area (Å²) in [6.07, 6.45) is -0.116. The summed E-state index contributed by atoms with van der Waals surface area (Å²) >= 11 is 0.626. The fourth-order valence-electron chi connectivity index (χ4n) is 1.73. The zero-order valence-electron chi connectivity index (χ0n) is 13.3. The molecule has 1 heterocycles. The molecule has 0 aliphatic rings. The van der Waals surface area contributed by atoms with Gasteiger partial charge in [0.2, 0.25) is 0 Å². The van der Waals surface area contributed by atoms with E-state index in [1.807, 2.05) is 0 Å². The van der Waals surface area contributed by atoms with Gasteiger partial charge in [0.25, 0.3) is 10.0 Å². The number of nitrogens with zero attached hydrogens (tertiary/aromatic N) is 2. The van der Waals surface area contributed by atoms with Gasteiger partial charge in [0.1, 0.15) is 15.5 Å². The topological polar surface area (TPSA) is 76.6 Å². The number of sulfonamides is 1. The summed E-state index contributed by atoms with van der Waals surface area (Å²) in [6, 6.07) is 2.16. The van der Waals surface area contributed by atoms with Gasteiger partial charge in [-0.2, -0.15) is 8.68 Å². The molecular formula is C14H13F3N2O4S2. The largest absolute Gasteiger partial charge is 0.443 e. The minimum Gasteiger partial charge on any atom is -0.443 e. The fraction of sp³-hybridized carbons (Fsp3) is 0.286. The van der Waals surface area contributed by atoms with Crippen LogP contribution in [0, 0.1) is 17.5 Å². The molecule has 0 radical (unpaired) electrons. The second-order valence-corrected chi connectivity index (χ2v) is 8.34. The molecule has 0 aliphatic heterocycles. The van der Waals surface area contributed by atoms with Crippen molar-refractivity contribution in [2.24, 2.45) is 0 Å². The Kier molecular flexibility index (Phi) is 5.09. The number of rotatable bonds is 3. The maximum atomic E-state index is 14.0. The molecule has 1 aromatic heterocycles. The molecule has 6 nitrogen and oxygen atoms in total. The van der Waals surface area contributed by atoms with E-state index in [1.54, 1.807) is 0 Å². The number of hydrogen-bond donors (Lipinski definition) is 0. The highest BCUT2D eigenvalue weighted by molar-refractivity contribution is 7.93. The van der Waals surface area contributed by atoms with Crippen molar-refractivity contribution in [2.45, 2.75) is 31.3 Å². The number of benzene rings is 1. The number of halogens is 3. The quantitative estimate of drug-likeness (QED) is 0.742. The lowest BCUT2D eigenvalue weighted by molar-refractivity contribution is 0.0609. The van der Waals surface area contributed by atoms with E-state index >= 15 is 0 Å². The molecule has 0 N–H and O–H groups in total. The van der Waals surface area contributed by atoms with E-state index in [0.717, 1.165) is 0 Å². The maximum Gasteiger partial charge on any atom is 0.429 e. The van der Waals surface area contributed by atoms with Gasteiger partial charge in [0.15, 0.2) is 17.5 Å².